The van der Waals surface area contributed by atoms with Gasteiger partial charge in [-0.2, -0.15) is 0 Å². The molecule has 0 radical (unpaired) electrons. The van der Waals surface area contributed by atoms with Crippen LogP contribution in [0, 0.1) is 5.92 Å². The van der Waals surface area contributed by atoms with Crippen LogP contribution in [0.3, 0.4) is 0 Å². The Morgan fingerprint density at radius 2 is 2.47 bits per heavy atom. The molecule has 1 amide bonds. The first-order chi connectivity index (χ1) is 9.20. The smallest absolute Gasteiger partial charge is 0.266 e. The number of nitrogens with two attached hydrogens (primary N) is 1. The average molecular weight is 275 g/mol. The van der Waals surface area contributed by atoms with Gasteiger partial charge in [0.25, 0.3) is 5.91 Å². The largest absolute Gasteiger partial charge is 0.397 e. The summed E-state index contributed by atoms with van der Waals surface area (Å²) >= 11 is 1.45. The molecule has 1 fully saturated rings. The van der Waals surface area contributed by atoms with E-state index in [1.807, 2.05) is 11.0 Å². The molecule has 2 N–H and O–H groups in total. The number of nitrogen functional groups attached to an aromatic ring is 1. The van der Waals surface area contributed by atoms with Crippen molar-refractivity contribution >= 4 is 33.0 Å². The van der Waals surface area contributed by atoms with Crippen LogP contribution < -0.4 is 5.73 Å². The number of hydrogen-bond donors (Lipinski definition) is 1. The molecule has 0 bridgehead atoms. The van der Waals surface area contributed by atoms with Gasteiger partial charge in [-0.25, -0.2) is 0 Å². The molecular weight excluding hydrogens is 258 g/mol. The van der Waals surface area contributed by atoms with Crippen molar-refractivity contribution < 1.29 is 4.79 Å². The maximum absolute atomic E-state index is 12.5. The molecule has 19 heavy (non-hydrogen) atoms. The molecule has 1 saturated heterocycles. The van der Waals surface area contributed by atoms with Crippen molar-refractivity contribution in [1.29, 1.82) is 0 Å². The molecule has 1 aliphatic rings. The maximum atomic E-state index is 12.5. The van der Waals surface area contributed by atoms with Crippen molar-refractivity contribution in [2.24, 2.45) is 5.92 Å². The van der Waals surface area contributed by atoms with Gasteiger partial charge in [0, 0.05) is 30.9 Å². The van der Waals surface area contributed by atoms with Crippen molar-refractivity contribution in [2.45, 2.75) is 19.8 Å². The highest BCUT2D eigenvalue weighted by molar-refractivity contribution is 7.21. The first-order valence-corrected chi connectivity index (χ1v) is 7.43. The van der Waals surface area contributed by atoms with Gasteiger partial charge in [0.15, 0.2) is 0 Å². The van der Waals surface area contributed by atoms with Crippen LogP contribution >= 0.6 is 11.3 Å². The highest BCUT2D eigenvalue weighted by atomic mass is 32.1. The van der Waals surface area contributed by atoms with Gasteiger partial charge in [-0.15, -0.1) is 11.3 Å². The number of nitrogens with zero attached hydrogens (tertiary/aromatic N) is 2. The molecule has 2 aromatic heterocycles. The number of likely N-dealkylation sites (tertiary alicyclic amines) is 1. The van der Waals surface area contributed by atoms with Crippen molar-refractivity contribution in [3.05, 3.63) is 23.3 Å². The van der Waals surface area contributed by atoms with E-state index in [-0.39, 0.29) is 5.91 Å². The molecule has 3 heterocycles. The van der Waals surface area contributed by atoms with E-state index >= 15 is 0 Å². The number of rotatable bonds is 2. The molecule has 100 valence electrons. The summed E-state index contributed by atoms with van der Waals surface area (Å²) in [5.74, 6) is 0.718. The number of thiophene rings is 1. The summed E-state index contributed by atoms with van der Waals surface area (Å²) < 4.78 is 0.981. The Bertz CT molecular complexity index is 622. The van der Waals surface area contributed by atoms with Crippen molar-refractivity contribution in [2.75, 3.05) is 18.8 Å². The molecule has 1 unspecified atom stereocenters. The van der Waals surface area contributed by atoms with E-state index < -0.39 is 0 Å². The monoisotopic (exact) mass is 275 g/mol. The molecule has 1 aliphatic heterocycles. The first kappa shape index (κ1) is 12.4. The Labute approximate surface area is 116 Å². The van der Waals surface area contributed by atoms with Gasteiger partial charge in [0.2, 0.25) is 0 Å². The van der Waals surface area contributed by atoms with E-state index in [1.165, 1.54) is 11.3 Å². The molecule has 2 aromatic rings. The lowest BCUT2D eigenvalue weighted by molar-refractivity contribution is 0.0792. The SMILES string of the molecule is CCC1CCN(C(=O)c2sc3cnccc3c2N)C1. The van der Waals surface area contributed by atoms with Crippen molar-refractivity contribution in [1.82, 2.24) is 9.88 Å². The summed E-state index contributed by atoms with van der Waals surface area (Å²) in [6.45, 7) is 3.89. The second kappa shape index (κ2) is 4.81. The number of hydrogen-bond acceptors (Lipinski definition) is 4. The van der Waals surface area contributed by atoms with Gasteiger partial charge < -0.3 is 10.6 Å². The van der Waals surface area contributed by atoms with E-state index in [4.69, 9.17) is 5.73 Å². The fourth-order valence-electron chi connectivity index (χ4n) is 2.62. The third-order valence-corrected chi connectivity index (χ3v) is 5.02. The molecule has 4 nitrogen and oxygen atoms in total. The Balaban J connectivity index is 1.92. The van der Waals surface area contributed by atoms with Crippen LogP contribution in [0.5, 0.6) is 0 Å². The summed E-state index contributed by atoms with van der Waals surface area (Å²) in [5.41, 5.74) is 6.71. The summed E-state index contributed by atoms with van der Waals surface area (Å²) in [6.07, 6.45) is 5.72. The Morgan fingerprint density at radius 1 is 1.63 bits per heavy atom. The summed E-state index contributed by atoms with van der Waals surface area (Å²) in [7, 11) is 0. The summed E-state index contributed by atoms with van der Waals surface area (Å²) in [6, 6.07) is 1.87. The van der Waals surface area contributed by atoms with Gasteiger partial charge >= 0.3 is 0 Å². The topological polar surface area (TPSA) is 59.2 Å². The number of pyridine rings is 1. The molecule has 0 aliphatic carbocycles. The minimum Gasteiger partial charge on any atom is -0.397 e. The highest BCUT2D eigenvalue weighted by Gasteiger charge is 2.28. The van der Waals surface area contributed by atoms with Crippen LogP contribution in [0.1, 0.15) is 29.4 Å². The quantitative estimate of drug-likeness (QED) is 0.916. The van der Waals surface area contributed by atoms with E-state index in [0.29, 0.717) is 16.5 Å². The minimum atomic E-state index is 0.0784. The van der Waals surface area contributed by atoms with Crippen LogP contribution in [0.4, 0.5) is 5.69 Å². The Hall–Kier alpha value is -1.62. The molecular formula is C14H17N3OS. The molecule has 5 heteroatoms. The van der Waals surface area contributed by atoms with Gasteiger partial charge in [-0.3, -0.25) is 9.78 Å². The van der Waals surface area contributed by atoms with Crippen LogP contribution in [0.25, 0.3) is 10.1 Å². The van der Waals surface area contributed by atoms with E-state index in [2.05, 4.69) is 11.9 Å². The number of amides is 1. The highest BCUT2D eigenvalue weighted by Crippen LogP contribution is 2.34. The predicted molar refractivity (Wildman–Crippen MR) is 78.3 cm³/mol. The average Bonchev–Trinajstić information content (AvgIpc) is 3.04. The van der Waals surface area contributed by atoms with E-state index in [1.54, 1.807) is 12.4 Å². The zero-order valence-electron chi connectivity index (χ0n) is 10.9. The lowest BCUT2D eigenvalue weighted by Gasteiger charge is -2.15. The van der Waals surface area contributed by atoms with E-state index in [0.717, 1.165) is 36.0 Å². The minimum absolute atomic E-state index is 0.0784. The lowest BCUT2D eigenvalue weighted by Crippen LogP contribution is -2.28. The van der Waals surface area contributed by atoms with Crippen LogP contribution in [0.2, 0.25) is 0 Å². The fraction of sp³-hybridized carbons (Fsp3) is 0.429. The second-order valence-electron chi connectivity index (χ2n) is 5.03. The number of carbonyl (C=O) groups is 1. The number of fused-ring (bicyclic) bond motifs is 1. The zero-order chi connectivity index (χ0) is 13.4. The van der Waals surface area contributed by atoms with Crippen LogP contribution in [0.15, 0.2) is 18.5 Å². The molecule has 1 atom stereocenters. The Morgan fingerprint density at radius 3 is 3.16 bits per heavy atom. The summed E-state index contributed by atoms with van der Waals surface area (Å²) in [4.78, 5) is 19.2. The van der Waals surface area contributed by atoms with Gasteiger partial charge in [-0.05, 0) is 18.4 Å². The number of anilines is 1. The molecule has 3 rings (SSSR count). The Kier molecular flexibility index (Phi) is 3.14. The third kappa shape index (κ3) is 2.08. The van der Waals surface area contributed by atoms with Crippen LogP contribution in [-0.4, -0.2) is 28.9 Å². The standard InChI is InChI=1S/C14H17N3OS/c1-2-9-4-6-17(8-9)14(18)13-12(15)10-3-5-16-7-11(10)19-13/h3,5,7,9H,2,4,6,8,15H2,1H3. The molecule has 0 saturated carbocycles. The lowest BCUT2D eigenvalue weighted by atomic mass is 10.1. The normalized spacial score (nSPS) is 19.2. The number of carbonyl (C=O) groups excluding carboxylic acids is 1. The predicted octanol–water partition coefficient (Wildman–Crippen LogP) is 2.75. The number of aromatic nitrogens is 1. The maximum Gasteiger partial charge on any atom is 0.266 e. The molecule has 0 aromatic carbocycles. The molecule has 0 spiro atoms. The van der Waals surface area contributed by atoms with E-state index in [9.17, 15) is 4.79 Å². The van der Waals surface area contributed by atoms with Gasteiger partial charge in [-0.1, -0.05) is 13.3 Å². The van der Waals surface area contributed by atoms with Crippen molar-refractivity contribution in [3.8, 4) is 0 Å². The third-order valence-electron chi connectivity index (χ3n) is 3.88. The van der Waals surface area contributed by atoms with Gasteiger partial charge in [0.05, 0.1) is 10.4 Å². The second-order valence-corrected chi connectivity index (χ2v) is 6.08. The van der Waals surface area contributed by atoms with Gasteiger partial charge in [0.1, 0.15) is 4.88 Å². The van der Waals surface area contributed by atoms with Crippen molar-refractivity contribution in [3.63, 3.8) is 0 Å². The fourth-order valence-corrected chi connectivity index (χ4v) is 3.68. The summed E-state index contributed by atoms with van der Waals surface area (Å²) in [5, 5.41) is 0.939. The zero-order valence-corrected chi connectivity index (χ0v) is 11.7. The van der Waals surface area contributed by atoms with Crippen LogP contribution in [-0.2, 0) is 0 Å². The first-order valence-electron chi connectivity index (χ1n) is 6.62.